The number of thioether (sulfide) groups is 1. The van der Waals surface area contributed by atoms with E-state index in [-0.39, 0.29) is 5.75 Å². The van der Waals surface area contributed by atoms with Crippen LogP contribution in [-0.2, 0) is 9.84 Å². The smallest absolute Gasteiger partial charge is 0.180 e. The van der Waals surface area contributed by atoms with Gasteiger partial charge in [0.2, 0.25) is 0 Å². The Balaban J connectivity index is 2.16. The predicted molar refractivity (Wildman–Crippen MR) is 87.4 cm³/mol. The monoisotopic (exact) mass is 313 g/mol. The number of hydrogen-bond acceptors (Lipinski definition) is 4. The molecule has 1 fully saturated rings. The van der Waals surface area contributed by atoms with Crippen LogP contribution in [0.5, 0.6) is 0 Å². The van der Waals surface area contributed by atoms with Crippen molar-refractivity contribution in [2.45, 2.75) is 42.2 Å². The lowest BCUT2D eigenvalue weighted by molar-refractivity contribution is 0.379. The first kappa shape index (κ1) is 15.7. The fraction of sp³-hybridized carbons (Fsp3) is 0.600. The third-order valence-electron chi connectivity index (χ3n) is 3.99. The minimum absolute atomic E-state index is 0.208. The number of benzene rings is 1. The van der Waals surface area contributed by atoms with Crippen molar-refractivity contribution in [1.82, 2.24) is 0 Å². The van der Waals surface area contributed by atoms with Crippen LogP contribution in [-0.4, -0.2) is 31.7 Å². The Labute approximate surface area is 126 Å². The van der Waals surface area contributed by atoms with E-state index in [9.17, 15) is 8.42 Å². The first-order chi connectivity index (χ1) is 9.53. The third kappa shape index (κ3) is 3.31. The highest BCUT2D eigenvalue weighted by atomic mass is 32.2. The Morgan fingerprint density at radius 3 is 2.55 bits per heavy atom. The first-order valence-electron chi connectivity index (χ1n) is 7.14. The molecule has 0 atom stereocenters. The normalized spacial score (nSPS) is 17.5. The van der Waals surface area contributed by atoms with Crippen LogP contribution in [0.2, 0.25) is 0 Å². The maximum atomic E-state index is 12.3. The van der Waals surface area contributed by atoms with Gasteiger partial charge in [0, 0.05) is 11.3 Å². The van der Waals surface area contributed by atoms with Crippen molar-refractivity contribution in [3.8, 4) is 0 Å². The second-order valence-corrected chi connectivity index (χ2v) is 8.76. The molecular weight excluding hydrogens is 290 g/mol. The van der Waals surface area contributed by atoms with E-state index in [4.69, 9.17) is 0 Å². The number of rotatable bonds is 7. The van der Waals surface area contributed by atoms with Gasteiger partial charge in [0.25, 0.3) is 0 Å². The minimum atomic E-state index is -3.17. The number of anilines is 1. The van der Waals surface area contributed by atoms with Gasteiger partial charge in [-0.25, -0.2) is 8.42 Å². The molecule has 0 aliphatic heterocycles. The molecule has 3 nitrogen and oxygen atoms in total. The summed E-state index contributed by atoms with van der Waals surface area (Å²) in [5.74, 6) is 0.208. The third-order valence-corrected chi connectivity index (χ3v) is 7.38. The van der Waals surface area contributed by atoms with Gasteiger partial charge in [-0.05, 0) is 37.7 Å². The molecule has 0 saturated heterocycles. The number of sulfone groups is 1. The molecule has 0 spiro atoms. The highest BCUT2D eigenvalue weighted by Crippen LogP contribution is 2.43. The van der Waals surface area contributed by atoms with Gasteiger partial charge in [-0.3, -0.25) is 0 Å². The van der Waals surface area contributed by atoms with Crippen molar-refractivity contribution in [1.29, 1.82) is 0 Å². The molecule has 1 saturated carbocycles. The van der Waals surface area contributed by atoms with Gasteiger partial charge in [-0.1, -0.05) is 25.5 Å². The lowest BCUT2D eigenvalue weighted by Gasteiger charge is -2.40. The zero-order chi connectivity index (χ0) is 14.6. The lowest BCUT2D eigenvalue weighted by Crippen LogP contribution is -2.40. The predicted octanol–water partition coefficient (Wildman–Crippen LogP) is 3.57. The summed E-state index contributed by atoms with van der Waals surface area (Å²) in [5.41, 5.74) is 0.751. The van der Waals surface area contributed by atoms with E-state index in [1.54, 1.807) is 12.1 Å². The molecule has 0 amide bonds. The van der Waals surface area contributed by atoms with Crippen molar-refractivity contribution in [3.63, 3.8) is 0 Å². The molecule has 0 unspecified atom stereocenters. The van der Waals surface area contributed by atoms with Crippen LogP contribution in [0.25, 0.3) is 0 Å². The average Bonchev–Trinajstić information content (AvgIpc) is 2.38. The van der Waals surface area contributed by atoms with E-state index in [0.29, 0.717) is 16.1 Å². The summed E-state index contributed by atoms with van der Waals surface area (Å²) in [6.45, 7) is 2.73. The van der Waals surface area contributed by atoms with Crippen LogP contribution < -0.4 is 5.32 Å². The van der Waals surface area contributed by atoms with Crippen LogP contribution in [0.4, 0.5) is 5.69 Å². The molecule has 1 aromatic rings. The summed E-state index contributed by atoms with van der Waals surface area (Å²) in [6.07, 6.45) is 6.49. The summed E-state index contributed by atoms with van der Waals surface area (Å²) in [6, 6.07) is 7.26. The number of nitrogens with one attached hydrogen (secondary N) is 1. The minimum Gasteiger partial charge on any atom is -0.383 e. The molecule has 0 bridgehead atoms. The van der Waals surface area contributed by atoms with Crippen molar-refractivity contribution < 1.29 is 8.42 Å². The van der Waals surface area contributed by atoms with Crippen molar-refractivity contribution in [3.05, 3.63) is 24.3 Å². The Kier molecular flexibility index (Phi) is 5.02. The first-order valence-corrected chi connectivity index (χ1v) is 10.0. The average molecular weight is 313 g/mol. The maximum absolute atomic E-state index is 12.3. The second kappa shape index (κ2) is 6.39. The summed E-state index contributed by atoms with van der Waals surface area (Å²) in [7, 11) is -3.17. The molecule has 112 valence electrons. The van der Waals surface area contributed by atoms with Gasteiger partial charge in [-0.2, -0.15) is 11.8 Å². The quantitative estimate of drug-likeness (QED) is 0.836. The van der Waals surface area contributed by atoms with Crippen LogP contribution in [0.15, 0.2) is 29.2 Å². The van der Waals surface area contributed by atoms with Gasteiger partial charge < -0.3 is 5.32 Å². The molecule has 1 aliphatic carbocycles. The largest absolute Gasteiger partial charge is 0.383 e. The Hall–Kier alpha value is -0.680. The summed E-state index contributed by atoms with van der Waals surface area (Å²) < 4.78 is 24.9. The fourth-order valence-electron chi connectivity index (χ4n) is 2.54. The molecule has 1 aromatic carbocycles. The number of hydrogen-bond donors (Lipinski definition) is 1. The molecule has 0 aromatic heterocycles. The fourth-order valence-corrected chi connectivity index (χ4v) is 4.98. The molecular formula is C15H23NO2S2. The zero-order valence-electron chi connectivity index (χ0n) is 12.2. The van der Waals surface area contributed by atoms with E-state index in [1.807, 2.05) is 30.8 Å². The van der Waals surface area contributed by atoms with Crippen LogP contribution >= 0.6 is 11.8 Å². The van der Waals surface area contributed by atoms with Crippen LogP contribution in [0.3, 0.4) is 0 Å². The van der Waals surface area contributed by atoms with Crippen molar-refractivity contribution >= 4 is 27.3 Å². The summed E-state index contributed by atoms with van der Waals surface area (Å²) in [4.78, 5) is 0.442. The summed E-state index contributed by atoms with van der Waals surface area (Å²) >= 11 is 1.89. The maximum Gasteiger partial charge on any atom is 0.180 e. The standard InChI is InChI=1S/C15H23NO2S2/c1-3-11-20(17,18)14-8-5-4-7-13(14)16-12-15(19-2)9-6-10-15/h4-5,7-8,16H,3,6,9-12H2,1-2H3. The van der Waals surface area contributed by atoms with Gasteiger partial charge in [-0.15, -0.1) is 0 Å². The van der Waals surface area contributed by atoms with E-state index in [1.165, 1.54) is 19.3 Å². The highest BCUT2D eigenvalue weighted by molar-refractivity contribution is 8.00. The van der Waals surface area contributed by atoms with E-state index >= 15 is 0 Å². The van der Waals surface area contributed by atoms with Crippen molar-refractivity contribution in [2.24, 2.45) is 0 Å². The van der Waals surface area contributed by atoms with Gasteiger partial charge in [0.15, 0.2) is 9.84 Å². The molecule has 5 heteroatoms. The number of para-hydroxylation sites is 1. The van der Waals surface area contributed by atoms with Gasteiger partial charge >= 0.3 is 0 Å². The van der Waals surface area contributed by atoms with E-state index in [2.05, 4.69) is 11.6 Å². The summed E-state index contributed by atoms with van der Waals surface area (Å²) in [5, 5.41) is 3.37. The van der Waals surface area contributed by atoms with Crippen LogP contribution in [0, 0.1) is 0 Å². The molecule has 1 aliphatic rings. The SMILES string of the molecule is CCCS(=O)(=O)c1ccccc1NCC1(SC)CCC1. The molecule has 1 N–H and O–H groups in total. The molecule has 20 heavy (non-hydrogen) atoms. The van der Waals surface area contributed by atoms with E-state index < -0.39 is 9.84 Å². The molecule has 2 rings (SSSR count). The lowest BCUT2D eigenvalue weighted by atomic mass is 9.84. The topological polar surface area (TPSA) is 46.2 Å². The Morgan fingerprint density at radius 2 is 2.00 bits per heavy atom. The molecule has 0 heterocycles. The van der Waals surface area contributed by atoms with Gasteiger partial charge in [0.05, 0.1) is 16.3 Å². The molecule has 0 radical (unpaired) electrons. The van der Waals surface area contributed by atoms with Crippen molar-refractivity contribution in [2.75, 3.05) is 23.9 Å². The highest BCUT2D eigenvalue weighted by Gasteiger charge is 2.36. The second-order valence-electron chi connectivity index (χ2n) is 5.41. The van der Waals surface area contributed by atoms with Gasteiger partial charge in [0.1, 0.15) is 0 Å². The zero-order valence-corrected chi connectivity index (χ0v) is 13.8. The van der Waals surface area contributed by atoms with E-state index in [0.717, 1.165) is 12.2 Å². The van der Waals surface area contributed by atoms with Crippen LogP contribution in [0.1, 0.15) is 32.6 Å². The Bertz CT molecular complexity index is 545. The Morgan fingerprint density at radius 1 is 1.30 bits per heavy atom.